The predicted molar refractivity (Wildman–Crippen MR) is 91.7 cm³/mol. The largest absolute Gasteiger partial charge is 0.298 e. The van der Waals surface area contributed by atoms with Crippen LogP contribution in [0.25, 0.3) is 0 Å². The van der Waals surface area contributed by atoms with Gasteiger partial charge in [-0.05, 0) is 30.2 Å². The monoisotopic (exact) mass is 310 g/mol. The molecule has 0 heterocycles. The summed E-state index contributed by atoms with van der Waals surface area (Å²) in [5, 5.41) is 8.94. The summed E-state index contributed by atoms with van der Waals surface area (Å²) in [7, 11) is 0. The molecular weight excluding hydrogens is 292 g/mol. The van der Waals surface area contributed by atoms with Crippen LogP contribution in [0.5, 0.6) is 0 Å². The third-order valence-electron chi connectivity index (χ3n) is 3.34. The number of aryl methyl sites for hydroxylation is 1. The minimum atomic E-state index is -0.0358. The molecule has 1 amide bonds. The van der Waals surface area contributed by atoms with Crippen molar-refractivity contribution in [1.29, 1.82) is 5.26 Å². The normalized spacial score (nSPS) is 10.0. The van der Waals surface area contributed by atoms with Gasteiger partial charge in [0.25, 0.3) is 0 Å². The molecule has 0 aliphatic carbocycles. The van der Waals surface area contributed by atoms with Gasteiger partial charge < -0.3 is 0 Å². The van der Waals surface area contributed by atoms with Crippen LogP contribution in [0.15, 0.2) is 54.6 Å². The first kappa shape index (κ1) is 16.1. The summed E-state index contributed by atoms with van der Waals surface area (Å²) in [4.78, 5) is 13.9. The van der Waals surface area contributed by atoms with Gasteiger partial charge in [0.1, 0.15) is 6.54 Å². The zero-order valence-corrected chi connectivity index (χ0v) is 13.3. The standard InChI is InChI=1S/C18H18N2OS/c1-15-7-5-6-8-16(15)13-22-14-18(21)20(12-11-19)17-9-3-2-4-10-17/h2-10H,12-14H2,1H3. The van der Waals surface area contributed by atoms with Gasteiger partial charge in [-0.1, -0.05) is 42.5 Å². The molecule has 0 unspecified atom stereocenters. The lowest BCUT2D eigenvalue weighted by atomic mass is 10.1. The van der Waals surface area contributed by atoms with Crippen molar-refractivity contribution in [3.05, 3.63) is 65.7 Å². The lowest BCUT2D eigenvalue weighted by molar-refractivity contribution is -0.116. The van der Waals surface area contributed by atoms with Gasteiger partial charge in [-0.2, -0.15) is 5.26 Å². The van der Waals surface area contributed by atoms with E-state index in [1.54, 1.807) is 11.8 Å². The SMILES string of the molecule is Cc1ccccc1CSCC(=O)N(CC#N)c1ccccc1. The zero-order valence-electron chi connectivity index (χ0n) is 12.5. The van der Waals surface area contributed by atoms with E-state index in [0.29, 0.717) is 5.75 Å². The van der Waals surface area contributed by atoms with Crippen LogP contribution < -0.4 is 4.90 Å². The fourth-order valence-corrected chi connectivity index (χ4v) is 3.08. The van der Waals surface area contributed by atoms with E-state index in [1.807, 2.05) is 42.5 Å². The number of rotatable bonds is 6. The number of thioether (sulfide) groups is 1. The lowest BCUT2D eigenvalue weighted by Crippen LogP contribution is -2.32. The first-order valence-electron chi connectivity index (χ1n) is 7.07. The van der Waals surface area contributed by atoms with Crippen molar-refractivity contribution in [1.82, 2.24) is 0 Å². The maximum atomic E-state index is 12.4. The minimum Gasteiger partial charge on any atom is -0.298 e. The number of nitrogens with zero attached hydrogens (tertiary/aromatic N) is 2. The molecule has 0 N–H and O–H groups in total. The van der Waals surface area contributed by atoms with Gasteiger partial charge in [0, 0.05) is 11.4 Å². The molecule has 0 radical (unpaired) electrons. The van der Waals surface area contributed by atoms with E-state index in [-0.39, 0.29) is 12.5 Å². The number of carbonyl (C=O) groups excluding carboxylic acids is 1. The highest BCUT2D eigenvalue weighted by atomic mass is 32.2. The second-order valence-electron chi connectivity index (χ2n) is 4.89. The summed E-state index contributed by atoms with van der Waals surface area (Å²) in [6.45, 7) is 2.15. The number of para-hydroxylation sites is 1. The molecule has 22 heavy (non-hydrogen) atoms. The second-order valence-corrected chi connectivity index (χ2v) is 5.88. The van der Waals surface area contributed by atoms with Crippen molar-refractivity contribution in [2.75, 3.05) is 17.2 Å². The average Bonchev–Trinajstić information content (AvgIpc) is 2.55. The second kappa shape index (κ2) is 8.26. The Morgan fingerprint density at radius 3 is 2.50 bits per heavy atom. The average molecular weight is 310 g/mol. The zero-order chi connectivity index (χ0) is 15.8. The Bertz CT molecular complexity index is 664. The van der Waals surface area contributed by atoms with Gasteiger partial charge in [-0.15, -0.1) is 11.8 Å². The fourth-order valence-electron chi connectivity index (χ4n) is 2.10. The maximum Gasteiger partial charge on any atom is 0.237 e. The number of amides is 1. The Morgan fingerprint density at radius 2 is 1.82 bits per heavy atom. The minimum absolute atomic E-state index is 0.0358. The third-order valence-corrected chi connectivity index (χ3v) is 4.31. The van der Waals surface area contributed by atoms with E-state index in [0.717, 1.165) is 11.4 Å². The van der Waals surface area contributed by atoms with Gasteiger partial charge in [0.15, 0.2) is 0 Å². The highest BCUT2D eigenvalue weighted by Crippen LogP contribution is 2.18. The van der Waals surface area contributed by atoms with Crippen LogP contribution in [0.3, 0.4) is 0 Å². The lowest BCUT2D eigenvalue weighted by Gasteiger charge is -2.19. The predicted octanol–water partition coefficient (Wildman–Crippen LogP) is 3.79. The molecule has 0 bridgehead atoms. The summed E-state index contributed by atoms with van der Waals surface area (Å²) in [6.07, 6.45) is 0. The van der Waals surface area contributed by atoms with Crippen molar-refractivity contribution in [2.24, 2.45) is 0 Å². The number of hydrogen-bond acceptors (Lipinski definition) is 3. The molecule has 0 saturated heterocycles. The molecule has 0 aliphatic heterocycles. The van der Waals surface area contributed by atoms with E-state index in [2.05, 4.69) is 25.1 Å². The molecule has 0 atom stereocenters. The number of carbonyl (C=O) groups is 1. The fraction of sp³-hybridized carbons (Fsp3) is 0.222. The van der Waals surface area contributed by atoms with Crippen LogP contribution in [0.4, 0.5) is 5.69 Å². The topological polar surface area (TPSA) is 44.1 Å². The first-order chi connectivity index (χ1) is 10.7. The molecule has 112 valence electrons. The van der Waals surface area contributed by atoms with Gasteiger partial charge >= 0.3 is 0 Å². The molecular formula is C18H18N2OS. The molecule has 2 aromatic rings. The van der Waals surface area contributed by atoms with E-state index >= 15 is 0 Å². The molecule has 0 spiro atoms. The van der Waals surface area contributed by atoms with Crippen LogP contribution in [0, 0.1) is 18.3 Å². The molecule has 0 aromatic heterocycles. The van der Waals surface area contributed by atoms with Gasteiger partial charge in [0.05, 0.1) is 11.8 Å². The first-order valence-corrected chi connectivity index (χ1v) is 8.22. The highest BCUT2D eigenvalue weighted by molar-refractivity contribution is 7.99. The Balaban J connectivity index is 1.95. The van der Waals surface area contributed by atoms with Crippen molar-refractivity contribution in [3.8, 4) is 6.07 Å². The Morgan fingerprint density at radius 1 is 1.14 bits per heavy atom. The van der Waals surface area contributed by atoms with E-state index in [1.165, 1.54) is 16.0 Å². The number of anilines is 1. The summed E-state index contributed by atoms with van der Waals surface area (Å²) in [5.74, 6) is 1.13. The Labute approximate surface area is 135 Å². The molecule has 0 fully saturated rings. The van der Waals surface area contributed by atoms with Gasteiger partial charge in [-0.25, -0.2) is 0 Å². The molecule has 0 saturated carbocycles. The van der Waals surface area contributed by atoms with Crippen LogP contribution in [0.2, 0.25) is 0 Å². The van der Waals surface area contributed by atoms with Crippen LogP contribution in [0.1, 0.15) is 11.1 Å². The van der Waals surface area contributed by atoms with Crippen molar-refractivity contribution in [3.63, 3.8) is 0 Å². The number of benzene rings is 2. The molecule has 3 nitrogen and oxygen atoms in total. The molecule has 0 aliphatic rings. The Kier molecular flexibility index (Phi) is 6.05. The van der Waals surface area contributed by atoms with Crippen molar-refractivity contribution in [2.45, 2.75) is 12.7 Å². The summed E-state index contributed by atoms with van der Waals surface area (Å²) in [6, 6.07) is 19.6. The highest BCUT2D eigenvalue weighted by Gasteiger charge is 2.15. The van der Waals surface area contributed by atoms with E-state index < -0.39 is 0 Å². The maximum absolute atomic E-state index is 12.4. The quantitative estimate of drug-likeness (QED) is 0.763. The smallest absolute Gasteiger partial charge is 0.237 e. The van der Waals surface area contributed by atoms with E-state index in [9.17, 15) is 4.79 Å². The number of nitriles is 1. The number of hydrogen-bond donors (Lipinski definition) is 0. The molecule has 2 rings (SSSR count). The Hall–Kier alpha value is -2.25. The summed E-state index contributed by atoms with van der Waals surface area (Å²) in [5.41, 5.74) is 3.25. The van der Waals surface area contributed by atoms with Crippen LogP contribution >= 0.6 is 11.8 Å². The molecule has 2 aromatic carbocycles. The van der Waals surface area contributed by atoms with Crippen molar-refractivity contribution < 1.29 is 4.79 Å². The van der Waals surface area contributed by atoms with Crippen LogP contribution in [-0.2, 0) is 10.5 Å². The van der Waals surface area contributed by atoms with Crippen LogP contribution in [-0.4, -0.2) is 18.2 Å². The van der Waals surface area contributed by atoms with E-state index in [4.69, 9.17) is 5.26 Å². The summed E-state index contributed by atoms with van der Waals surface area (Å²) >= 11 is 1.58. The van der Waals surface area contributed by atoms with Crippen molar-refractivity contribution >= 4 is 23.4 Å². The molecule has 4 heteroatoms. The third kappa shape index (κ3) is 4.37. The summed E-state index contributed by atoms with van der Waals surface area (Å²) < 4.78 is 0. The van der Waals surface area contributed by atoms with Gasteiger partial charge in [-0.3, -0.25) is 9.69 Å². The van der Waals surface area contributed by atoms with Gasteiger partial charge in [0.2, 0.25) is 5.91 Å².